The van der Waals surface area contributed by atoms with Crippen LogP contribution in [0.3, 0.4) is 0 Å². The number of rotatable bonds is 6. The van der Waals surface area contributed by atoms with Gasteiger partial charge in [-0.1, -0.05) is 35.3 Å². The minimum atomic E-state index is -0.239. The Morgan fingerprint density at radius 3 is 2.54 bits per heavy atom. The Balaban J connectivity index is 1.79. The van der Waals surface area contributed by atoms with Crippen LogP contribution < -0.4 is 14.8 Å². The van der Waals surface area contributed by atoms with Crippen molar-refractivity contribution in [2.75, 3.05) is 12.4 Å². The third-order valence-corrected chi connectivity index (χ3v) is 4.65. The van der Waals surface area contributed by atoms with Crippen molar-refractivity contribution in [1.29, 1.82) is 0 Å². The van der Waals surface area contributed by atoms with Gasteiger partial charge in [-0.3, -0.25) is 4.79 Å². The second-order valence-electron chi connectivity index (χ2n) is 6.19. The van der Waals surface area contributed by atoms with Crippen LogP contribution in [0.15, 0.2) is 60.7 Å². The minimum Gasteiger partial charge on any atom is -0.496 e. The van der Waals surface area contributed by atoms with E-state index in [4.69, 9.17) is 32.7 Å². The van der Waals surface area contributed by atoms with Gasteiger partial charge >= 0.3 is 0 Å². The van der Waals surface area contributed by atoms with Crippen molar-refractivity contribution in [2.45, 2.75) is 13.5 Å². The molecular formula is C22H19Cl2NO3. The average Bonchev–Trinajstić information content (AvgIpc) is 2.69. The van der Waals surface area contributed by atoms with Crippen molar-refractivity contribution in [3.63, 3.8) is 0 Å². The number of carbonyl (C=O) groups is 1. The van der Waals surface area contributed by atoms with E-state index in [9.17, 15) is 4.79 Å². The van der Waals surface area contributed by atoms with Crippen LogP contribution in [0.25, 0.3) is 0 Å². The molecule has 28 heavy (non-hydrogen) atoms. The smallest absolute Gasteiger partial charge is 0.255 e. The SMILES string of the molecule is COc1ccc(C(=O)Nc2cc(Cl)ccc2C)cc1COc1cccc(Cl)c1. The molecule has 0 saturated heterocycles. The first-order valence-corrected chi connectivity index (χ1v) is 9.34. The summed E-state index contributed by atoms with van der Waals surface area (Å²) in [7, 11) is 1.58. The number of benzene rings is 3. The van der Waals surface area contributed by atoms with Gasteiger partial charge in [-0.25, -0.2) is 0 Å². The van der Waals surface area contributed by atoms with E-state index in [1.807, 2.05) is 25.1 Å². The predicted octanol–water partition coefficient (Wildman–Crippen LogP) is 6.14. The number of nitrogens with one attached hydrogen (secondary N) is 1. The molecule has 0 aliphatic rings. The zero-order chi connectivity index (χ0) is 20.1. The molecule has 0 unspecified atom stereocenters. The molecule has 3 rings (SSSR count). The summed E-state index contributed by atoms with van der Waals surface area (Å²) >= 11 is 12.0. The molecule has 144 valence electrons. The summed E-state index contributed by atoms with van der Waals surface area (Å²) in [4.78, 5) is 12.7. The molecule has 6 heteroatoms. The van der Waals surface area contributed by atoms with E-state index in [1.54, 1.807) is 49.6 Å². The van der Waals surface area contributed by atoms with Gasteiger partial charge in [0.05, 0.1) is 7.11 Å². The third kappa shape index (κ3) is 4.97. The molecule has 0 aliphatic heterocycles. The van der Waals surface area contributed by atoms with E-state index < -0.39 is 0 Å². The van der Waals surface area contributed by atoms with Gasteiger partial charge in [-0.15, -0.1) is 0 Å². The van der Waals surface area contributed by atoms with Crippen LogP contribution in [-0.4, -0.2) is 13.0 Å². The van der Waals surface area contributed by atoms with E-state index in [2.05, 4.69) is 5.32 Å². The normalized spacial score (nSPS) is 10.4. The lowest BCUT2D eigenvalue weighted by atomic mass is 10.1. The summed E-state index contributed by atoms with van der Waals surface area (Å²) in [5, 5.41) is 4.04. The highest BCUT2D eigenvalue weighted by molar-refractivity contribution is 6.31. The quantitative estimate of drug-likeness (QED) is 0.525. The zero-order valence-corrected chi connectivity index (χ0v) is 17.0. The predicted molar refractivity (Wildman–Crippen MR) is 113 cm³/mol. The van der Waals surface area contributed by atoms with Gasteiger partial charge in [0.15, 0.2) is 0 Å². The lowest BCUT2D eigenvalue weighted by Crippen LogP contribution is -2.13. The molecule has 4 nitrogen and oxygen atoms in total. The van der Waals surface area contributed by atoms with Crippen LogP contribution in [0.1, 0.15) is 21.5 Å². The van der Waals surface area contributed by atoms with E-state index in [0.717, 1.165) is 11.1 Å². The highest BCUT2D eigenvalue weighted by atomic mass is 35.5. The van der Waals surface area contributed by atoms with Crippen molar-refractivity contribution in [3.05, 3.63) is 87.4 Å². The number of hydrogen-bond donors (Lipinski definition) is 1. The Bertz CT molecular complexity index is 1000. The van der Waals surface area contributed by atoms with Crippen LogP contribution in [0, 0.1) is 6.92 Å². The number of ether oxygens (including phenoxy) is 2. The number of hydrogen-bond acceptors (Lipinski definition) is 3. The van der Waals surface area contributed by atoms with Gasteiger partial charge < -0.3 is 14.8 Å². The molecule has 1 amide bonds. The maximum absolute atomic E-state index is 12.7. The molecule has 1 N–H and O–H groups in total. The van der Waals surface area contributed by atoms with Crippen molar-refractivity contribution < 1.29 is 14.3 Å². The average molecular weight is 416 g/mol. The Kier molecular flexibility index (Phi) is 6.45. The molecule has 0 radical (unpaired) electrons. The number of halogens is 2. The van der Waals surface area contributed by atoms with Gasteiger partial charge in [-0.2, -0.15) is 0 Å². The second-order valence-corrected chi connectivity index (χ2v) is 7.06. The summed E-state index contributed by atoms with van der Waals surface area (Å²) in [6.07, 6.45) is 0. The number of amides is 1. The summed E-state index contributed by atoms with van der Waals surface area (Å²) < 4.78 is 11.2. The van der Waals surface area contributed by atoms with Crippen LogP contribution >= 0.6 is 23.2 Å². The molecule has 3 aromatic rings. The lowest BCUT2D eigenvalue weighted by molar-refractivity contribution is 0.102. The van der Waals surface area contributed by atoms with Crippen molar-refractivity contribution >= 4 is 34.8 Å². The topological polar surface area (TPSA) is 47.6 Å². The standard InChI is InChI=1S/C22H19Cl2NO3/c1-14-6-8-18(24)12-20(14)25-22(26)15-7-9-21(27-2)16(10-15)13-28-19-5-3-4-17(23)11-19/h3-12H,13H2,1-2H3,(H,25,26). The number of methoxy groups -OCH3 is 1. The van der Waals surface area contributed by atoms with Crippen molar-refractivity contribution in [1.82, 2.24) is 0 Å². The Hall–Kier alpha value is -2.69. The molecule has 3 aromatic carbocycles. The molecule has 0 spiro atoms. The van der Waals surface area contributed by atoms with E-state index in [-0.39, 0.29) is 12.5 Å². The first kappa shape index (κ1) is 20.1. The highest BCUT2D eigenvalue weighted by Gasteiger charge is 2.12. The lowest BCUT2D eigenvalue weighted by Gasteiger charge is -2.13. The molecular weight excluding hydrogens is 397 g/mol. The Morgan fingerprint density at radius 1 is 1.00 bits per heavy atom. The molecule has 0 heterocycles. The monoisotopic (exact) mass is 415 g/mol. The highest BCUT2D eigenvalue weighted by Crippen LogP contribution is 2.25. The molecule has 0 atom stereocenters. The first-order valence-electron chi connectivity index (χ1n) is 8.59. The summed E-state index contributed by atoms with van der Waals surface area (Å²) in [6.45, 7) is 2.14. The molecule has 0 aromatic heterocycles. The number of aryl methyl sites for hydroxylation is 1. The maximum atomic E-state index is 12.7. The maximum Gasteiger partial charge on any atom is 0.255 e. The minimum absolute atomic E-state index is 0.237. The van der Waals surface area contributed by atoms with Crippen molar-refractivity contribution in [2.24, 2.45) is 0 Å². The van der Waals surface area contributed by atoms with E-state index >= 15 is 0 Å². The fourth-order valence-corrected chi connectivity index (χ4v) is 3.03. The summed E-state index contributed by atoms with van der Waals surface area (Å²) in [6, 6.07) is 17.7. The van der Waals surface area contributed by atoms with Crippen molar-refractivity contribution in [3.8, 4) is 11.5 Å². The fraction of sp³-hybridized carbons (Fsp3) is 0.136. The van der Waals surface area contributed by atoms with Gasteiger partial charge in [0, 0.05) is 26.9 Å². The van der Waals surface area contributed by atoms with E-state index in [1.165, 1.54) is 0 Å². The first-order chi connectivity index (χ1) is 13.5. The van der Waals surface area contributed by atoms with Gasteiger partial charge in [0.25, 0.3) is 5.91 Å². The van der Waals surface area contributed by atoms with E-state index in [0.29, 0.717) is 32.8 Å². The van der Waals surface area contributed by atoms with Crippen LogP contribution in [0.4, 0.5) is 5.69 Å². The van der Waals surface area contributed by atoms with Gasteiger partial charge in [0.2, 0.25) is 0 Å². The molecule has 0 fully saturated rings. The largest absolute Gasteiger partial charge is 0.496 e. The zero-order valence-electron chi connectivity index (χ0n) is 15.5. The molecule has 0 aliphatic carbocycles. The Labute approximate surface area is 174 Å². The van der Waals surface area contributed by atoms with Crippen LogP contribution in [0.2, 0.25) is 10.0 Å². The van der Waals surface area contributed by atoms with Crippen LogP contribution in [-0.2, 0) is 6.61 Å². The van der Waals surface area contributed by atoms with Crippen LogP contribution in [0.5, 0.6) is 11.5 Å². The molecule has 0 bridgehead atoms. The van der Waals surface area contributed by atoms with Gasteiger partial charge in [-0.05, 0) is 61.0 Å². The second kappa shape index (κ2) is 9.00. The number of anilines is 1. The summed E-state index contributed by atoms with van der Waals surface area (Å²) in [5.41, 5.74) is 2.84. The fourth-order valence-electron chi connectivity index (χ4n) is 2.67. The molecule has 0 saturated carbocycles. The Morgan fingerprint density at radius 2 is 1.79 bits per heavy atom. The third-order valence-electron chi connectivity index (χ3n) is 4.18. The van der Waals surface area contributed by atoms with Gasteiger partial charge in [0.1, 0.15) is 18.1 Å². The number of carbonyl (C=O) groups excluding carboxylic acids is 1. The summed E-state index contributed by atoms with van der Waals surface area (Å²) in [5.74, 6) is 1.04.